The first-order chi connectivity index (χ1) is 8.11. The van der Waals surface area contributed by atoms with Crippen molar-refractivity contribution in [2.75, 3.05) is 6.26 Å². The van der Waals surface area contributed by atoms with Crippen molar-refractivity contribution in [3.05, 3.63) is 59.5 Å². The molecule has 1 aromatic carbocycles. The Morgan fingerprint density at radius 3 is 1.76 bits per heavy atom. The van der Waals surface area contributed by atoms with Crippen molar-refractivity contribution in [1.29, 1.82) is 0 Å². The van der Waals surface area contributed by atoms with Gasteiger partial charge in [-0.15, -0.1) is 24.9 Å². The van der Waals surface area contributed by atoms with E-state index in [0.29, 0.717) is 0 Å². The van der Waals surface area contributed by atoms with Gasteiger partial charge in [-0.2, -0.15) is 0 Å². The van der Waals surface area contributed by atoms with Crippen LogP contribution in [0.1, 0.15) is 31.1 Å². The van der Waals surface area contributed by atoms with Crippen molar-refractivity contribution in [2.24, 2.45) is 0 Å². The smallest absolute Gasteiger partial charge is 0.150 e. The summed E-state index contributed by atoms with van der Waals surface area (Å²) in [4.78, 5) is 11.4. The van der Waals surface area contributed by atoms with Crippen molar-refractivity contribution < 1.29 is 4.79 Å². The fourth-order valence-electron chi connectivity index (χ4n) is 0.736. The van der Waals surface area contributed by atoms with Crippen LogP contribution in [-0.4, -0.2) is 12.5 Å². The van der Waals surface area contributed by atoms with Gasteiger partial charge in [-0.3, -0.25) is 4.79 Å². The average molecular weight is 250 g/mol. The number of carbonyl (C=O) groups is 1. The lowest BCUT2D eigenvalue weighted by atomic mass is 10.2. The molecular weight excluding hydrogens is 228 g/mol. The van der Waals surface area contributed by atoms with Crippen LogP contribution in [0.25, 0.3) is 0 Å². The molecule has 0 aliphatic carbocycles. The van der Waals surface area contributed by atoms with E-state index in [9.17, 15) is 4.79 Å². The highest BCUT2D eigenvalue weighted by Gasteiger charge is 1.83. The van der Waals surface area contributed by atoms with Crippen LogP contribution >= 0.6 is 11.8 Å². The number of thioether (sulfide) groups is 1. The zero-order valence-electron chi connectivity index (χ0n) is 11.2. The van der Waals surface area contributed by atoms with Gasteiger partial charge in [0.2, 0.25) is 0 Å². The monoisotopic (exact) mass is 250 g/mol. The van der Waals surface area contributed by atoms with Gasteiger partial charge in [0.15, 0.2) is 0 Å². The van der Waals surface area contributed by atoms with Gasteiger partial charge < -0.3 is 0 Å². The van der Waals surface area contributed by atoms with E-state index < -0.39 is 0 Å². The third-order valence-corrected chi connectivity index (χ3v) is 2.97. The SMILES string of the molecule is C=C.CSC(C)=C(C)C.O=Cc1ccccc1. The van der Waals surface area contributed by atoms with Crippen molar-refractivity contribution in [3.8, 4) is 0 Å². The fourth-order valence-corrected chi connectivity index (χ4v) is 1.14. The maximum Gasteiger partial charge on any atom is 0.150 e. The Morgan fingerprint density at radius 1 is 1.12 bits per heavy atom. The molecule has 1 rings (SSSR count). The summed E-state index contributed by atoms with van der Waals surface area (Å²) in [6.45, 7) is 12.4. The Balaban J connectivity index is 0. The highest BCUT2D eigenvalue weighted by molar-refractivity contribution is 8.02. The average Bonchev–Trinajstić information content (AvgIpc) is 2.41. The Kier molecular flexibility index (Phi) is 13.6. The second-order valence-electron chi connectivity index (χ2n) is 3.29. The molecule has 0 aromatic heterocycles. The van der Waals surface area contributed by atoms with E-state index in [1.54, 1.807) is 12.1 Å². The molecule has 0 spiro atoms. The molecule has 2 heteroatoms. The lowest BCUT2D eigenvalue weighted by Gasteiger charge is -1.94. The zero-order valence-corrected chi connectivity index (χ0v) is 12.0. The summed E-state index contributed by atoms with van der Waals surface area (Å²) in [6.07, 6.45) is 2.93. The lowest BCUT2D eigenvalue weighted by Crippen LogP contribution is -1.73. The zero-order chi connectivity index (χ0) is 13.7. The summed E-state index contributed by atoms with van der Waals surface area (Å²) in [5.41, 5.74) is 2.15. The molecule has 1 nitrogen and oxygen atoms in total. The second-order valence-corrected chi connectivity index (χ2v) is 4.31. The minimum absolute atomic E-state index is 0.729. The molecule has 0 saturated carbocycles. The van der Waals surface area contributed by atoms with E-state index in [0.717, 1.165) is 11.8 Å². The molecule has 0 amide bonds. The van der Waals surface area contributed by atoms with Crippen molar-refractivity contribution in [1.82, 2.24) is 0 Å². The number of rotatable bonds is 2. The van der Waals surface area contributed by atoms with E-state index in [2.05, 4.69) is 40.2 Å². The van der Waals surface area contributed by atoms with Crippen LogP contribution in [0.4, 0.5) is 0 Å². The van der Waals surface area contributed by atoms with Gasteiger partial charge in [0, 0.05) is 5.56 Å². The van der Waals surface area contributed by atoms with Gasteiger partial charge in [0.1, 0.15) is 6.29 Å². The summed E-state index contributed by atoms with van der Waals surface area (Å²) in [7, 11) is 0. The summed E-state index contributed by atoms with van der Waals surface area (Å²) in [5.74, 6) is 0. The van der Waals surface area contributed by atoms with Crippen LogP contribution < -0.4 is 0 Å². The van der Waals surface area contributed by atoms with Crippen LogP contribution in [0.2, 0.25) is 0 Å². The van der Waals surface area contributed by atoms with E-state index >= 15 is 0 Å². The van der Waals surface area contributed by atoms with Gasteiger partial charge in [0.05, 0.1) is 0 Å². The van der Waals surface area contributed by atoms with E-state index in [4.69, 9.17) is 0 Å². The number of hydrogen-bond acceptors (Lipinski definition) is 2. The number of allylic oxidation sites excluding steroid dienone is 2. The minimum Gasteiger partial charge on any atom is -0.298 e. The molecule has 0 saturated heterocycles. The molecule has 0 aliphatic rings. The van der Waals surface area contributed by atoms with E-state index in [1.165, 1.54) is 10.5 Å². The topological polar surface area (TPSA) is 17.1 Å². The molecule has 1 aromatic rings. The predicted molar refractivity (Wildman–Crippen MR) is 80.6 cm³/mol. The molecule has 0 aliphatic heterocycles. The molecule has 0 N–H and O–H groups in total. The van der Waals surface area contributed by atoms with Crippen LogP contribution in [0, 0.1) is 0 Å². The van der Waals surface area contributed by atoms with Crippen LogP contribution in [0.3, 0.4) is 0 Å². The molecule has 0 bridgehead atoms. The number of aldehydes is 1. The summed E-state index contributed by atoms with van der Waals surface area (Å²) in [5, 5.41) is 0. The Hall–Kier alpha value is -1.28. The quantitative estimate of drug-likeness (QED) is 0.545. The molecule has 17 heavy (non-hydrogen) atoms. The van der Waals surface area contributed by atoms with Gasteiger partial charge in [-0.1, -0.05) is 35.9 Å². The first-order valence-corrected chi connectivity index (χ1v) is 6.52. The Morgan fingerprint density at radius 2 is 1.59 bits per heavy atom. The molecule has 0 fully saturated rings. The predicted octanol–water partition coefficient (Wildman–Crippen LogP) is 4.96. The Labute approximate surface area is 110 Å². The third kappa shape index (κ3) is 11.0. The molecule has 0 radical (unpaired) electrons. The van der Waals surface area contributed by atoms with Crippen molar-refractivity contribution >= 4 is 18.0 Å². The molecule has 94 valence electrons. The fraction of sp³-hybridized carbons (Fsp3) is 0.267. The maximum absolute atomic E-state index is 10.0. The van der Waals surface area contributed by atoms with Crippen molar-refractivity contribution in [2.45, 2.75) is 20.8 Å². The van der Waals surface area contributed by atoms with Gasteiger partial charge in [0.25, 0.3) is 0 Å². The molecule has 0 unspecified atom stereocenters. The van der Waals surface area contributed by atoms with Gasteiger partial charge in [-0.05, 0) is 31.9 Å². The Bertz CT molecular complexity index is 324. The van der Waals surface area contributed by atoms with Gasteiger partial charge in [-0.25, -0.2) is 0 Å². The third-order valence-electron chi connectivity index (χ3n) is 1.95. The first-order valence-electron chi connectivity index (χ1n) is 5.30. The lowest BCUT2D eigenvalue weighted by molar-refractivity contribution is 0.112. The van der Waals surface area contributed by atoms with Crippen LogP contribution in [0.15, 0.2) is 54.0 Å². The molecule has 0 atom stereocenters. The highest BCUT2D eigenvalue weighted by atomic mass is 32.2. The second kappa shape index (κ2) is 12.8. The summed E-state index contributed by atoms with van der Waals surface area (Å²) in [6, 6.07) is 9.10. The van der Waals surface area contributed by atoms with Gasteiger partial charge >= 0.3 is 0 Å². The number of benzene rings is 1. The van der Waals surface area contributed by atoms with E-state index in [1.807, 2.05) is 30.0 Å². The van der Waals surface area contributed by atoms with Crippen LogP contribution in [-0.2, 0) is 0 Å². The number of hydrogen-bond donors (Lipinski definition) is 0. The molecular formula is C15H22OS. The first kappa shape index (κ1) is 18.1. The number of carbonyl (C=O) groups excluding carboxylic acids is 1. The normalized spacial score (nSPS) is 7.76. The highest BCUT2D eigenvalue weighted by Crippen LogP contribution is 2.13. The largest absolute Gasteiger partial charge is 0.298 e. The van der Waals surface area contributed by atoms with E-state index in [-0.39, 0.29) is 0 Å². The maximum atomic E-state index is 10.0. The van der Waals surface area contributed by atoms with Crippen LogP contribution in [0.5, 0.6) is 0 Å². The minimum atomic E-state index is 0.729. The van der Waals surface area contributed by atoms with Crippen molar-refractivity contribution in [3.63, 3.8) is 0 Å². The standard InChI is InChI=1S/C7H6O.C6H12S.C2H4/c8-6-7-4-2-1-3-5-7;1-5(2)6(3)7-4;1-2/h1-6H;1-4H3;1-2H2. The summed E-state index contributed by atoms with van der Waals surface area (Å²) >= 11 is 1.81. The molecule has 0 heterocycles. The summed E-state index contributed by atoms with van der Waals surface area (Å²) < 4.78 is 0.